The topological polar surface area (TPSA) is 60.6 Å². The van der Waals surface area contributed by atoms with E-state index in [1.165, 1.54) is 26.4 Å². The number of rotatable bonds is 6. The molecule has 0 unspecified atom stereocenters. The Labute approximate surface area is 198 Å². The van der Waals surface area contributed by atoms with E-state index in [9.17, 15) is 18.0 Å². The number of methoxy groups -OCH3 is 2. The Hall–Kier alpha value is -3.42. The minimum absolute atomic E-state index is 0.154. The highest BCUT2D eigenvalue weighted by Gasteiger charge is 2.30. The summed E-state index contributed by atoms with van der Waals surface area (Å²) >= 11 is 0. The van der Waals surface area contributed by atoms with Crippen LogP contribution in [-0.2, 0) is 10.9 Å². The molecule has 186 valence electrons. The number of ether oxygens (including phenoxy) is 3. The smallest absolute Gasteiger partial charge is 0.416 e. The lowest BCUT2D eigenvalue weighted by atomic mass is 10.0. The van der Waals surface area contributed by atoms with E-state index in [1.807, 2.05) is 27.7 Å². The first kappa shape index (κ1) is 28.6. The fraction of sp³-hybridized carbons (Fsp3) is 0.346. The van der Waals surface area contributed by atoms with Crippen LogP contribution in [0.15, 0.2) is 48.5 Å². The molecular formula is C26H32F3NO4. The predicted molar refractivity (Wildman–Crippen MR) is 128 cm³/mol. The van der Waals surface area contributed by atoms with Crippen LogP contribution in [0.25, 0.3) is 22.4 Å². The first-order chi connectivity index (χ1) is 16.3. The van der Waals surface area contributed by atoms with Gasteiger partial charge in [-0.25, -0.2) is 4.79 Å². The Morgan fingerprint density at radius 2 is 1.41 bits per heavy atom. The summed E-state index contributed by atoms with van der Waals surface area (Å²) in [6.07, 6.45) is -4.44. The molecule has 0 saturated carbocycles. The molecule has 0 amide bonds. The van der Waals surface area contributed by atoms with Gasteiger partial charge >= 0.3 is 12.1 Å². The summed E-state index contributed by atoms with van der Waals surface area (Å²) in [5.74, 6) is 0.443. The van der Waals surface area contributed by atoms with Crippen LogP contribution in [0.5, 0.6) is 11.5 Å². The van der Waals surface area contributed by atoms with Crippen molar-refractivity contribution < 1.29 is 32.2 Å². The third-order valence-electron chi connectivity index (χ3n) is 4.52. The third-order valence-corrected chi connectivity index (χ3v) is 4.52. The first-order valence-corrected chi connectivity index (χ1v) is 11.1. The Balaban J connectivity index is 0.00000137. The predicted octanol–water partition coefficient (Wildman–Crippen LogP) is 7.61. The van der Waals surface area contributed by atoms with E-state index in [2.05, 4.69) is 4.98 Å². The molecule has 3 aromatic rings. The van der Waals surface area contributed by atoms with Crippen molar-refractivity contribution in [2.24, 2.45) is 0 Å². The second kappa shape index (κ2) is 13.3. The average molecular weight is 480 g/mol. The van der Waals surface area contributed by atoms with Gasteiger partial charge in [0.25, 0.3) is 0 Å². The summed E-state index contributed by atoms with van der Waals surface area (Å²) in [7, 11) is 3.03. The van der Waals surface area contributed by atoms with Crippen LogP contribution in [0.1, 0.15) is 50.7 Å². The summed E-state index contributed by atoms with van der Waals surface area (Å²) in [6, 6.07) is 11.5. The number of halogens is 3. The van der Waals surface area contributed by atoms with Gasteiger partial charge in [-0.3, -0.25) is 0 Å². The Morgan fingerprint density at radius 3 is 1.91 bits per heavy atom. The number of hydrogen-bond acceptors (Lipinski definition) is 4. The molecule has 0 fully saturated rings. The quantitative estimate of drug-likeness (QED) is 0.370. The van der Waals surface area contributed by atoms with Gasteiger partial charge in [-0.15, -0.1) is 0 Å². The highest BCUT2D eigenvalue weighted by molar-refractivity contribution is 5.97. The normalized spacial score (nSPS) is 10.3. The maximum atomic E-state index is 12.9. The molecule has 1 heterocycles. The third kappa shape index (κ3) is 6.79. The summed E-state index contributed by atoms with van der Waals surface area (Å²) in [6.45, 7) is 9.84. The number of benzene rings is 2. The summed E-state index contributed by atoms with van der Waals surface area (Å²) in [5.41, 5.74) is 1.56. The SMILES string of the molecule is CC.CC.CCOC(=O)c1[nH]c(-c2ccc(OC)c(OC)c2)cc1-c1ccc(C(F)(F)F)cc1. The Kier molecular flexibility index (Phi) is 11.2. The molecule has 34 heavy (non-hydrogen) atoms. The van der Waals surface area contributed by atoms with Crippen molar-refractivity contribution in [2.75, 3.05) is 20.8 Å². The number of aromatic amines is 1. The minimum atomic E-state index is -4.44. The summed E-state index contributed by atoms with van der Waals surface area (Å²) in [5, 5.41) is 0. The lowest BCUT2D eigenvalue weighted by Gasteiger charge is -2.08. The van der Waals surface area contributed by atoms with Crippen molar-refractivity contribution >= 4 is 5.97 Å². The van der Waals surface area contributed by atoms with Crippen LogP contribution in [0.2, 0.25) is 0 Å². The molecule has 0 aliphatic carbocycles. The number of H-pyrrole nitrogens is 1. The van der Waals surface area contributed by atoms with Crippen LogP contribution in [-0.4, -0.2) is 31.8 Å². The maximum Gasteiger partial charge on any atom is 0.416 e. The number of carbonyl (C=O) groups is 1. The van der Waals surface area contributed by atoms with Crippen molar-refractivity contribution in [3.8, 4) is 33.9 Å². The molecule has 0 aliphatic heterocycles. The second-order valence-corrected chi connectivity index (χ2v) is 6.34. The Morgan fingerprint density at radius 1 is 0.853 bits per heavy atom. The van der Waals surface area contributed by atoms with E-state index in [0.29, 0.717) is 33.9 Å². The number of alkyl halides is 3. The van der Waals surface area contributed by atoms with Gasteiger partial charge in [-0.2, -0.15) is 13.2 Å². The van der Waals surface area contributed by atoms with Gasteiger partial charge in [0.2, 0.25) is 0 Å². The first-order valence-electron chi connectivity index (χ1n) is 11.1. The van der Waals surface area contributed by atoms with Gasteiger partial charge in [-0.1, -0.05) is 39.8 Å². The molecule has 0 spiro atoms. The molecule has 1 aromatic heterocycles. The summed E-state index contributed by atoms with van der Waals surface area (Å²) in [4.78, 5) is 15.5. The summed E-state index contributed by atoms with van der Waals surface area (Å²) < 4.78 is 54.3. The molecule has 8 heteroatoms. The minimum Gasteiger partial charge on any atom is -0.493 e. The zero-order chi connectivity index (χ0) is 25.9. The number of aromatic nitrogens is 1. The molecule has 0 radical (unpaired) electrons. The van der Waals surface area contributed by atoms with E-state index in [0.717, 1.165) is 12.1 Å². The van der Waals surface area contributed by atoms with E-state index in [1.54, 1.807) is 31.2 Å². The molecule has 2 aromatic carbocycles. The molecule has 5 nitrogen and oxygen atoms in total. The van der Waals surface area contributed by atoms with Gasteiger partial charge in [0.05, 0.1) is 26.4 Å². The second-order valence-electron chi connectivity index (χ2n) is 6.34. The largest absolute Gasteiger partial charge is 0.493 e. The van der Waals surface area contributed by atoms with Crippen molar-refractivity contribution in [3.63, 3.8) is 0 Å². The molecule has 0 bridgehead atoms. The van der Waals surface area contributed by atoms with E-state index < -0.39 is 17.7 Å². The van der Waals surface area contributed by atoms with Gasteiger partial charge in [0.1, 0.15) is 5.69 Å². The Bertz CT molecular complexity index is 1040. The monoisotopic (exact) mass is 479 g/mol. The number of carbonyl (C=O) groups excluding carboxylic acids is 1. The van der Waals surface area contributed by atoms with Gasteiger partial charge in [0.15, 0.2) is 11.5 Å². The lowest BCUT2D eigenvalue weighted by Crippen LogP contribution is -2.07. The fourth-order valence-corrected chi connectivity index (χ4v) is 3.04. The highest BCUT2D eigenvalue weighted by atomic mass is 19.4. The van der Waals surface area contributed by atoms with Gasteiger partial charge < -0.3 is 19.2 Å². The molecule has 0 saturated heterocycles. The molecule has 3 rings (SSSR count). The molecule has 1 N–H and O–H groups in total. The van der Waals surface area contributed by atoms with Gasteiger partial charge in [0, 0.05) is 16.8 Å². The lowest BCUT2D eigenvalue weighted by molar-refractivity contribution is -0.137. The molecule has 0 atom stereocenters. The zero-order valence-electron chi connectivity index (χ0n) is 20.6. The molecular weight excluding hydrogens is 447 g/mol. The number of esters is 1. The average Bonchev–Trinajstić information content (AvgIpc) is 3.31. The van der Waals surface area contributed by atoms with Crippen molar-refractivity contribution in [1.29, 1.82) is 0 Å². The van der Waals surface area contributed by atoms with E-state index >= 15 is 0 Å². The number of nitrogens with one attached hydrogen (secondary N) is 1. The van der Waals surface area contributed by atoms with E-state index in [4.69, 9.17) is 14.2 Å². The van der Waals surface area contributed by atoms with Crippen LogP contribution in [0.4, 0.5) is 13.2 Å². The highest BCUT2D eigenvalue weighted by Crippen LogP contribution is 2.36. The van der Waals surface area contributed by atoms with Crippen LogP contribution in [0.3, 0.4) is 0 Å². The molecule has 0 aliphatic rings. The zero-order valence-corrected chi connectivity index (χ0v) is 20.6. The van der Waals surface area contributed by atoms with Gasteiger partial charge in [-0.05, 0) is 48.9 Å². The van der Waals surface area contributed by atoms with Crippen molar-refractivity contribution in [1.82, 2.24) is 4.98 Å². The van der Waals surface area contributed by atoms with Crippen LogP contribution < -0.4 is 9.47 Å². The fourth-order valence-electron chi connectivity index (χ4n) is 3.04. The van der Waals surface area contributed by atoms with Crippen molar-refractivity contribution in [2.45, 2.75) is 40.8 Å². The van der Waals surface area contributed by atoms with Crippen molar-refractivity contribution in [3.05, 3.63) is 59.8 Å². The maximum absolute atomic E-state index is 12.9. The van der Waals surface area contributed by atoms with E-state index in [-0.39, 0.29) is 12.3 Å². The van der Waals surface area contributed by atoms with Crippen LogP contribution in [0, 0.1) is 0 Å². The standard InChI is InChI=1S/C22H20F3NO4.2C2H6/c1-4-30-21(27)20-16(13-5-8-15(9-6-13)22(23,24)25)12-17(26-20)14-7-10-18(28-2)19(11-14)29-3;2*1-2/h5-12,26H,4H2,1-3H3;2*1-2H3. The number of hydrogen-bond donors (Lipinski definition) is 1. The van der Waals surface area contributed by atoms with Crippen LogP contribution >= 0.6 is 0 Å².